The third kappa shape index (κ3) is 4.71. The summed E-state index contributed by atoms with van der Waals surface area (Å²) >= 11 is 0. The van der Waals surface area contributed by atoms with Crippen LogP contribution in [0.4, 0.5) is 30.6 Å². The Balaban J connectivity index is 1.66. The number of halogens is 3. The van der Waals surface area contributed by atoms with Crippen molar-refractivity contribution in [1.82, 2.24) is 9.97 Å². The number of hydrogen-bond donors (Lipinski definition) is 3. The summed E-state index contributed by atoms with van der Waals surface area (Å²) in [7, 11) is 0. The van der Waals surface area contributed by atoms with E-state index in [1.54, 1.807) is 0 Å². The number of anilines is 3. The highest BCUT2D eigenvalue weighted by atomic mass is 19.4. The van der Waals surface area contributed by atoms with Crippen LogP contribution in [0.15, 0.2) is 29.1 Å². The summed E-state index contributed by atoms with van der Waals surface area (Å²) in [6.07, 6.45) is -4.01. The highest BCUT2D eigenvalue weighted by molar-refractivity contribution is 6.04. The standard InChI is InChI=1S/C22H24F3N5O3/c1-11-7-12(2)10-30(9-11)21-28-18-17(20(33)29-21)13(8-16(31)27-18)19(32)26-15-6-4-3-5-14(15)22(23,24)25/h3-6,11-13H,7-10H2,1-2H3,(H,26,32)(H2,27,28,29,31,33)/t11-,12+,13-/m0/s1. The monoisotopic (exact) mass is 463 g/mol. The number of aromatic amines is 1. The number of para-hydroxylation sites is 1. The number of benzene rings is 1. The van der Waals surface area contributed by atoms with Gasteiger partial charge in [-0.25, -0.2) is 0 Å². The van der Waals surface area contributed by atoms with Gasteiger partial charge in [0, 0.05) is 19.5 Å². The van der Waals surface area contributed by atoms with Crippen molar-refractivity contribution in [2.45, 2.75) is 38.8 Å². The molecule has 0 saturated carbocycles. The van der Waals surface area contributed by atoms with Crippen molar-refractivity contribution in [2.75, 3.05) is 28.6 Å². The maximum absolute atomic E-state index is 13.3. The molecule has 33 heavy (non-hydrogen) atoms. The number of piperidine rings is 1. The summed E-state index contributed by atoms with van der Waals surface area (Å²) in [6, 6.07) is 4.53. The first kappa shape index (κ1) is 22.8. The molecule has 2 aliphatic rings. The fourth-order valence-corrected chi connectivity index (χ4v) is 4.63. The molecular formula is C22H24F3N5O3. The van der Waals surface area contributed by atoms with Gasteiger partial charge in [-0.2, -0.15) is 18.2 Å². The maximum Gasteiger partial charge on any atom is 0.418 e. The second kappa shape index (κ2) is 8.53. The Morgan fingerprint density at radius 1 is 1.15 bits per heavy atom. The Hall–Kier alpha value is -3.37. The lowest BCUT2D eigenvalue weighted by Gasteiger charge is -2.35. The number of fused-ring (bicyclic) bond motifs is 1. The molecule has 0 spiro atoms. The van der Waals surface area contributed by atoms with Crippen molar-refractivity contribution in [3.8, 4) is 0 Å². The molecule has 0 unspecified atom stereocenters. The van der Waals surface area contributed by atoms with Gasteiger partial charge >= 0.3 is 6.18 Å². The summed E-state index contributed by atoms with van der Waals surface area (Å²) in [5, 5.41) is 4.77. The lowest BCUT2D eigenvalue weighted by atomic mass is 9.91. The van der Waals surface area contributed by atoms with Crippen molar-refractivity contribution < 1.29 is 22.8 Å². The quantitative estimate of drug-likeness (QED) is 0.647. The van der Waals surface area contributed by atoms with E-state index in [4.69, 9.17) is 0 Å². The van der Waals surface area contributed by atoms with Crippen LogP contribution in [-0.2, 0) is 15.8 Å². The molecule has 0 bridgehead atoms. The Kier molecular flexibility index (Phi) is 5.89. The fourth-order valence-electron chi connectivity index (χ4n) is 4.63. The fraction of sp³-hybridized carbons (Fsp3) is 0.455. The summed E-state index contributed by atoms with van der Waals surface area (Å²) < 4.78 is 39.9. The van der Waals surface area contributed by atoms with Gasteiger partial charge in [-0.1, -0.05) is 26.0 Å². The SMILES string of the molecule is C[C@@H]1C[C@H](C)CN(c2nc3c(c(=O)[nH]2)[C@@H](C(=O)Nc2ccccc2C(F)(F)F)CC(=O)N3)C1. The van der Waals surface area contributed by atoms with Gasteiger partial charge in [0.05, 0.1) is 22.7 Å². The van der Waals surface area contributed by atoms with E-state index in [0.717, 1.165) is 18.6 Å². The summed E-state index contributed by atoms with van der Waals surface area (Å²) in [5.41, 5.74) is -2.14. The lowest BCUT2D eigenvalue weighted by molar-refractivity contribution is -0.137. The Bertz CT molecular complexity index is 1140. The van der Waals surface area contributed by atoms with Crippen LogP contribution in [0.3, 0.4) is 0 Å². The van der Waals surface area contributed by atoms with E-state index in [2.05, 4.69) is 34.4 Å². The molecule has 3 N–H and O–H groups in total. The lowest BCUT2D eigenvalue weighted by Crippen LogP contribution is -2.42. The Morgan fingerprint density at radius 3 is 2.48 bits per heavy atom. The zero-order valence-corrected chi connectivity index (χ0v) is 18.1. The average molecular weight is 463 g/mol. The maximum atomic E-state index is 13.3. The molecule has 176 valence electrons. The van der Waals surface area contributed by atoms with Gasteiger partial charge in [-0.15, -0.1) is 0 Å². The molecule has 1 fully saturated rings. The van der Waals surface area contributed by atoms with Crippen LogP contribution < -0.4 is 21.1 Å². The number of nitrogens with one attached hydrogen (secondary N) is 3. The van der Waals surface area contributed by atoms with Crippen molar-refractivity contribution >= 4 is 29.3 Å². The van der Waals surface area contributed by atoms with E-state index >= 15 is 0 Å². The first-order chi connectivity index (χ1) is 15.5. The molecule has 2 aliphatic heterocycles. The number of carbonyl (C=O) groups is 2. The van der Waals surface area contributed by atoms with Crippen LogP contribution in [0.1, 0.15) is 43.7 Å². The van der Waals surface area contributed by atoms with Gasteiger partial charge in [0.1, 0.15) is 5.82 Å². The molecule has 2 aromatic rings. The van der Waals surface area contributed by atoms with Gasteiger partial charge in [-0.3, -0.25) is 19.4 Å². The number of H-pyrrole nitrogens is 1. The predicted molar refractivity (Wildman–Crippen MR) is 116 cm³/mol. The van der Waals surface area contributed by atoms with Gasteiger partial charge < -0.3 is 15.5 Å². The highest BCUT2D eigenvalue weighted by Crippen LogP contribution is 2.36. The number of alkyl halides is 3. The van der Waals surface area contributed by atoms with Crippen LogP contribution >= 0.6 is 0 Å². The van der Waals surface area contributed by atoms with Crippen LogP contribution in [0.5, 0.6) is 0 Å². The third-order valence-electron chi connectivity index (χ3n) is 5.91. The topological polar surface area (TPSA) is 107 Å². The minimum Gasteiger partial charge on any atom is -0.342 e. The molecule has 1 aromatic carbocycles. The molecule has 1 saturated heterocycles. The second-order valence-corrected chi connectivity index (χ2v) is 8.84. The van der Waals surface area contributed by atoms with Crippen molar-refractivity contribution in [2.24, 2.45) is 11.8 Å². The minimum absolute atomic E-state index is 0.0415. The molecule has 1 aromatic heterocycles. The largest absolute Gasteiger partial charge is 0.418 e. The van der Waals surface area contributed by atoms with E-state index in [-0.39, 0.29) is 17.8 Å². The predicted octanol–water partition coefficient (Wildman–Crippen LogP) is 3.34. The zero-order chi connectivity index (χ0) is 23.9. The van der Waals surface area contributed by atoms with Crippen LogP contribution in [0, 0.1) is 11.8 Å². The smallest absolute Gasteiger partial charge is 0.342 e. The minimum atomic E-state index is -4.68. The number of carbonyl (C=O) groups excluding carboxylic acids is 2. The zero-order valence-electron chi connectivity index (χ0n) is 18.1. The summed E-state index contributed by atoms with van der Waals surface area (Å²) in [4.78, 5) is 47.2. The third-order valence-corrected chi connectivity index (χ3v) is 5.91. The number of nitrogens with zero attached hydrogens (tertiary/aromatic N) is 2. The Labute approximate surface area is 187 Å². The molecular weight excluding hydrogens is 439 g/mol. The van der Waals surface area contributed by atoms with Gasteiger partial charge in [0.2, 0.25) is 17.8 Å². The molecule has 11 heteroatoms. The molecule has 4 rings (SSSR count). The Morgan fingerprint density at radius 2 is 1.82 bits per heavy atom. The number of rotatable bonds is 3. The first-order valence-electron chi connectivity index (χ1n) is 10.7. The molecule has 0 radical (unpaired) electrons. The highest BCUT2D eigenvalue weighted by Gasteiger charge is 2.38. The number of amides is 2. The van der Waals surface area contributed by atoms with E-state index in [1.807, 2.05) is 4.90 Å². The van der Waals surface area contributed by atoms with E-state index in [1.165, 1.54) is 12.1 Å². The number of aromatic nitrogens is 2. The molecule has 2 amide bonds. The van der Waals surface area contributed by atoms with Crippen molar-refractivity contribution in [3.05, 3.63) is 45.7 Å². The summed E-state index contributed by atoms with van der Waals surface area (Å²) in [6.45, 7) is 5.55. The van der Waals surface area contributed by atoms with Crippen molar-refractivity contribution in [1.29, 1.82) is 0 Å². The van der Waals surface area contributed by atoms with Gasteiger partial charge in [0.15, 0.2) is 0 Å². The second-order valence-electron chi connectivity index (χ2n) is 8.84. The van der Waals surface area contributed by atoms with Gasteiger partial charge in [-0.05, 0) is 30.4 Å². The first-order valence-corrected chi connectivity index (χ1v) is 10.7. The summed E-state index contributed by atoms with van der Waals surface area (Å²) in [5.74, 6) is -1.69. The van der Waals surface area contributed by atoms with Crippen molar-refractivity contribution in [3.63, 3.8) is 0 Å². The van der Waals surface area contributed by atoms with E-state index < -0.39 is 40.7 Å². The molecule has 3 atom stereocenters. The molecule has 8 nitrogen and oxygen atoms in total. The van der Waals surface area contributed by atoms with E-state index in [9.17, 15) is 27.6 Å². The van der Waals surface area contributed by atoms with Crippen LogP contribution in [0.2, 0.25) is 0 Å². The number of hydrogen-bond acceptors (Lipinski definition) is 5. The normalized spacial score (nSPS) is 23.0. The average Bonchev–Trinajstić information content (AvgIpc) is 2.71. The molecule has 0 aliphatic carbocycles. The van der Waals surface area contributed by atoms with Crippen LogP contribution in [0.25, 0.3) is 0 Å². The van der Waals surface area contributed by atoms with E-state index in [0.29, 0.717) is 30.9 Å². The van der Waals surface area contributed by atoms with Crippen LogP contribution in [-0.4, -0.2) is 34.9 Å². The molecule has 3 heterocycles. The van der Waals surface area contributed by atoms with Gasteiger partial charge in [0.25, 0.3) is 5.56 Å².